The van der Waals surface area contributed by atoms with Crippen LogP contribution in [-0.4, -0.2) is 48.8 Å². The van der Waals surface area contributed by atoms with E-state index in [9.17, 15) is 0 Å². The van der Waals surface area contributed by atoms with E-state index in [4.69, 9.17) is 14.6 Å². The fourth-order valence-electron chi connectivity index (χ4n) is 0.655. The van der Waals surface area contributed by atoms with Crippen LogP contribution in [0.15, 0.2) is 0 Å². The first kappa shape index (κ1) is 10.7. The van der Waals surface area contributed by atoms with Crippen molar-refractivity contribution in [2.24, 2.45) is 0 Å². The van der Waals surface area contributed by atoms with Crippen molar-refractivity contribution in [3.8, 4) is 0 Å². The lowest BCUT2D eigenvalue weighted by molar-refractivity contribution is 0.0503. The normalized spacial score (nSPS) is 18.4. The predicted molar refractivity (Wildman–Crippen MR) is 42.2 cm³/mol. The zero-order valence-corrected chi connectivity index (χ0v) is 7.17. The van der Waals surface area contributed by atoms with Crippen LogP contribution >= 0.6 is 11.6 Å². The van der Waals surface area contributed by atoms with Crippen LogP contribution in [0, 0.1) is 0 Å². The van der Waals surface area contributed by atoms with E-state index < -0.39 is 5.43 Å². The molecule has 1 fully saturated rings. The highest BCUT2D eigenvalue weighted by Crippen LogP contribution is 1.89. The Morgan fingerprint density at radius 3 is 2.09 bits per heavy atom. The molecule has 66 valence electrons. The summed E-state index contributed by atoms with van der Waals surface area (Å²) in [4.78, 5) is 11.0. The summed E-state index contributed by atoms with van der Waals surface area (Å²) >= 11 is 4.19. The zero-order chi connectivity index (χ0) is 8.69. The molecule has 0 amide bonds. The van der Waals surface area contributed by atoms with Crippen LogP contribution in [0.1, 0.15) is 0 Å². The molecule has 1 rings (SSSR count). The van der Waals surface area contributed by atoms with Gasteiger partial charge in [-0.1, -0.05) is 0 Å². The molecule has 0 aromatic rings. The summed E-state index contributed by atoms with van der Waals surface area (Å²) in [7, 11) is 2.11. The summed E-state index contributed by atoms with van der Waals surface area (Å²) in [5.41, 5.74) is -1.36. The lowest BCUT2D eigenvalue weighted by Gasteiger charge is -2.21. The lowest BCUT2D eigenvalue weighted by atomic mass is 10.5. The van der Waals surface area contributed by atoms with Gasteiger partial charge < -0.3 is 14.7 Å². The summed E-state index contributed by atoms with van der Waals surface area (Å²) in [5, 5.41) is 7.18. The molecule has 4 nitrogen and oxygen atoms in total. The second kappa shape index (κ2) is 6.39. The topological polar surface area (TPSA) is 49.8 Å². The molecule has 0 unspecified atom stereocenters. The maximum absolute atomic E-state index is 8.77. The van der Waals surface area contributed by atoms with Crippen LogP contribution in [0.25, 0.3) is 0 Å². The van der Waals surface area contributed by atoms with E-state index in [2.05, 4.69) is 23.5 Å². The van der Waals surface area contributed by atoms with E-state index in [1.165, 1.54) is 0 Å². The Hall–Kier alpha value is -0.320. The number of hydrogen-bond donors (Lipinski definition) is 1. The number of likely N-dealkylation sites (N-methyl/N-ethyl adjacent to an activating group) is 1. The molecule has 0 aromatic carbocycles. The number of morpholine rings is 1. The van der Waals surface area contributed by atoms with Crippen molar-refractivity contribution in [2.75, 3.05) is 33.4 Å². The van der Waals surface area contributed by atoms with Gasteiger partial charge in [0.1, 0.15) is 0 Å². The Labute approximate surface area is 70.7 Å². The standard InChI is InChI=1S/C5H11NO.CHClO2/c1-6-2-4-7-5-3-6;2-1(3)4/h2-5H2,1H3;(H,3,4). The molecule has 0 aliphatic carbocycles. The Bertz CT molecular complexity index is 110. The van der Waals surface area contributed by atoms with Crippen molar-refractivity contribution in [3.05, 3.63) is 0 Å². The molecule has 0 spiro atoms. The fraction of sp³-hybridized carbons (Fsp3) is 0.833. The van der Waals surface area contributed by atoms with Gasteiger partial charge >= 0.3 is 5.43 Å². The van der Waals surface area contributed by atoms with Crippen molar-refractivity contribution in [2.45, 2.75) is 0 Å². The molecular weight excluding hydrogens is 170 g/mol. The SMILES string of the molecule is CN1CCOCC1.O=C(O)Cl. The zero-order valence-electron chi connectivity index (χ0n) is 6.42. The predicted octanol–water partition coefficient (Wildman–Crippen LogP) is 0.852. The summed E-state index contributed by atoms with van der Waals surface area (Å²) in [6.07, 6.45) is 0. The highest BCUT2D eigenvalue weighted by atomic mass is 35.5. The van der Waals surface area contributed by atoms with Gasteiger partial charge in [-0.05, 0) is 7.05 Å². The lowest BCUT2D eigenvalue weighted by Crippen LogP contribution is -2.32. The van der Waals surface area contributed by atoms with Crippen LogP contribution in [-0.2, 0) is 4.74 Å². The minimum Gasteiger partial charge on any atom is -0.469 e. The van der Waals surface area contributed by atoms with Gasteiger partial charge in [0, 0.05) is 24.7 Å². The average Bonchev–Trinajstić information content (AvgIpc) is 1.87. The van der Waals surface area contributed by atoms with Gasteiger partial charge in [-0.3, -0.25) is 0 Å². The quantitative estimate of drug-likeness (QED) is 0.563. The Morgan fingerprint density at radius 1 is 1.55 bits per heavy atom. The second-order valence-electron chi connectivity index (χ2n) is 2.17. The van der Waals surface area contributed by atoms with E-state index >= 15 is 0 Å². The third-order valence-corrected chi connectivity index (χ3v) is 1.23. The first-order valence-electron chi connectivity index (χ1n) is 3.27. The minimum atomic E-state index is -1.36. The van der Waals surface area contributed by atoms with Crippen LogP contribution in [0.2, 0.25) is 0 Å². The molecule has 1 aliphatic heterocycles. The van der Waals surface area contributed by atoms with Crippen molar-refractivity contribution < 1.29 is 14.6 Å². The minimum absolute atomic E-state index is 0.913. The van der Waals surface area contributed by atoms with Gasteiger partial charge in [-0.2, -0.15) is 0 Å². The molecule has 0 saturated carbocycles. The molecule has 5 heteroatoms. The van der Waals surface area contributed by atoms with E-state index in [1.54, 1.807) is 0 Å². The monoisotopic (exact) mass is 181 g/mol. The van der Waals surface area contributed by atoms with Crippen LogP contribution < -0.4 is 0 Å². The molecule has 0 bridgehead atoms. The molecule has 0 aromatic heterocycles. The van der Waals surface area contributed by atoms with Gasteiger partial charge in [0.25, 0.3) is 0 Å². The summed E-state index contributed by atoms with van der Waals surface area (Å²) in [6, 6.07) is 0. The van der Waals surface area contributed by atoms with E-state index in [1.807, 2.05) is 0 Å². The van der Waals surface area contributed by atoms with E-state index in [0.29, 0.717) is 0 Å². The second-order valence-corrected chi connectivity index (χ2v) is 2.49. The highest BCUT2D eigenvalue weighted by molar-refractivity contribution is 6.60. The molecular formula is C6H12ClNO3. The highest BCUT2D eigenvalue weighted by Gasteiger charge is 2.02. The van der Waals surface area contributed by atoms with Crippen molar-refractivity contribution in [1.29, 1.82) is 0 Å². The molecule has 0 atom stereocenters. The number of rotatable bonds is 0. The van der Waals surface area contributed by atoms with Gasteiger partial charge in [0.15, 0.2) is 0 Å². The van der Waals surface area contributed by atoms with Gasteiger partial charge in [-0.15, -0.1) is 0 Å². The number of nitrogens with zero attached hydrogens (tertiary/aromatic N) is 1. The summed E-state index contributed by atoms with van der Waals surface area (Å²) < 4.78 is 5.10. The van der Waals surface area contributed by atoms with Crippen molar-refractivity contribution in [3.63, 3.8) is 0 Å². The third-order valence-electron chi connectivity index (χ3n) is 1.23. The van der Waals surface area contributed by atoms with Crippen molar-refractivity contribution in [1.82, 2.24) is 4.90 Å². The van der Waals surface area contributed by atoms with Gasteiger partial charge in [0.2, 0.25) is 0 Å². The molecule has 0 radical (unpaired) electrons. The maximum atomic E-state index is 8.77. The molecule has 1 saturated heterocycles. The molecule has 1 heterocycles. The number of carboxylic acid groups (broad SMARTS) is 1. The summed E-state index contributed by atoms with van der Waals surface area (Å²) in [6.45, 7) is 4.02. The maximum Gasteiger partial charge on any atom is 0.401 e. The Kier molecular flexibility index (Phi) is 6.21. The first-order chi connectivity index (χ1) is 5.13. The number of hydrogen-bond acceptors (Lipinski definition) is 3. The van der Waals surface area contributed by atoms with E-state index in [-0.39, 0.29) is 0 Å². The number of halogens is 1. The third kappa shape index (κ3) is 9.68. The van der Waals surface area contributed by atoms with Crippen LogP contribution in [0.5, 0.6) is 0 Å². The van der Waals surface area contributed by atoms with Crippen LogP contribution in [0.3, 0.4) is 0 Å². The Balaban J connectivity index is 0.000000218. The smallest absolute Gasteiger partial charge is 0.401 e. The fourth-order valence-corrected chi connectivity index (χ4v) is 0.655. The summed E-state index contributed by atoms with van der Waals surface area (Å²) in [5.74, 6) is 0. The van der Waals surface area contributed by atoms with Crippen molar-refractivity contribution >= 4 is 17.0 Å². The Morgan fingerprint density at radius 2 is 1.91 bits per heavy atom. The molecule has 1 N–H and O–H groups in total. The number of ether oxygens (including phenoxy) is 1. The van der Waals surface area contributed by atoms with Gasteiger partial charge in [0.05, 0.1) is 13.2 Å². The van der Waals surface area contributed by atoms with E-state index in [0.717, 1.165) is 26.3 Å². The molecule has 11 heavy (non-hydrogen) atoms. The molecule has 1 aliphatic rings. The average molecular weight is 182 g/mol. The van der Waals surface area contributed by atoms with Gasteiger partial charge in [-0.25, -0.2) is 4.79 Å². The largest absolute Gasteiger partial charge is 0.469 e. The van der Waals surface area contributed by atoms with Crippen LogP contribution in [0.4, 0.5) is 4.79 Å². The number of carbonyl (C=O) groups is 1. The first-order valence-corrected chi connectivity index (χ1v) is 3.65.